The van der Waals surface area contributed by atoms with E-state index < -0.39 is 0 Å². The lowest BCUT2D eigenvalue weighted by Crippen LogP contribution is -2.34. The van der Waals surface area contributed by atoms with Gasteiger partial charge >= 0.3 is 0 Å². The van der Waals surface area contributed by atoms with Crippen molar-refractivity contribution in [1.29, 1.82) is 0 Å². The van der Waals surface area contributed by atoms with Gasteiger partial charge in [-0.3, -0.25) is 0 Å². The summed E-state index contributed by atoms with van der Waals surface area (Å²) in [4.78, 5) is 0. The average molecular weight is 244 g/mol. The highest BCUT2D eigenvalue weighted by atomic mass is 16.5. The van der Waals surface area contributed by atoms with Gasteiger partial charge in [-0.15, -0.1) is 0 Å². The Morgan fingerprint density at radius 3 is 2.89 bits per heavy atom. The van der Waals surface area contributed by atoms with E-state index in [1.165, 1.54) is 16.5 Å². The summed E-state index contributed by atoms with van der Waals surface area (Å²) in [6.07, 6.45) is 4.49. The van der Waals surface area contributed by atoms with Crippen molar-refractivity contribution in [3.8, 4) is 0 Å². The molecule has 0 unspecified atom stereocenters. The van der Waals surface area contributed by atoms with Crippen molar-refractivity contribution in [2.24, 2.45) is 7.05 Å². The number of benzene rings is 1. The molecule has 1 aromatic heterocycles. The van der Waals surface area contributed by atoms with Crippen molar-refractivity contribution >= 4 is 10.9 Å². The molecular weight excluding hydrogens is 224 g/mol. The summed E-state index contributed by atoms with van der Waals surface area (Å²) < 4.78 is 7.59. The SMILES string of the molecule is Cn1cc(CNC2CCOCC2)c2ccccc21. The second-order valence-corrected chi connectivity index (χ2v) is 5.05. The third-order valence-electron chi connectivity index (χ3n) is 3.78. The standard InChI is InChI=1S/C15H20N2O/c1-17-11-12(14-4-2-3-5-15(14)17)10-16-13-6-8-18-9-7-13/h2-5,11,13,16H,6-10H2,1H3. The van der Waals surface area contributed by atoms with Crippen LogP contribution < -0.4 is 5.32 Å². The molecule has 2 heterocycles. The average Bonchev–Trinajstić information content (AvgIpc) is 2.75. The van der Waals surface area contributed by atoms with Gasteiger partial charge in [0, 0.05) is 49.9 Å². The van der Waals surface area contributed by atoms with Gasteiger partial charge < -0.3 is 14.6 Å². The molecule has 96 valence electrons. The van der Waals surface area contributed by atoms with Crippen LogP contribution in [0, 0.1) is 0 Å². The minimum atomic E-state index is 0.609. The van der Waals surface area contributed by atoms with Gasteiger partial charge in [-0.1, -0.05) is 18.2 Å². The van der Waals surface area contributed by atoms with Crippen molar-refractivity contribution < 1.29 is 4.74 Å². The fourth-order valence-electron chi connectivity index (χ4n) is 2.72. The van der Waals surface area contributed by atoms with Gasteiger partial charge in [-0.2, -0.15) is 0 Å². The molecule has 0 amide bonds. The van der Waals surface area contributed by atoms with Crippen molar-refractivity contribution in [3.63, 3.8) is 0 Å². The first-order chi connectivity index (χ1) is 8.84. The molecule has 3 heteroatoms. The molecule has 1 N–H and O–H groups in total. The summed E-state index contributed by atoms with van der Waals surface area (Å²) in [5.41, 5.74) is 2.70. The largest absolute Gasteiger partial charge is 0.381 e. The van der Waals surface area contributed by atoms with Crippen molar-refractivity contribution in [2.45, 2.75) is 25.4 Å². The van der Waals surface area contributed by atoms with E-state index in [1.807, 2.05) is 0 Å². The summed E-state index contributed by atoms with van der Waals surface area (Å²) in [6.45, 7) is 2.74. The second-order valence-electron chi connectivity index (χ2n) is 5.05. The Balaban J connectivity index is 1.74. The van der Waals surface area contributed by atoms with Gasteiger partial charge in [0.1, 0.15) is 0 Å². The number of aromatic nitrogens is 1. The minimum Gasteiger partial charge on any atom is -0.381 e. The molecule has 2 aromatic rings. The minimum absolute atomic E-state index is 0.609. The van der Waals surface area contributed by atoms with Crippen LogP contribution in [0.15, 0.2) is 30.5 Å². The van der Waals surface area contributed by atoms with E-state index in [4.69, 9.17) is 4.74 Å². The van der Waals surface area contributed by atoms with Crippen LogP contribution in [-0.4, -0.2) is 23.8 Å². The van der Waals surface area contributed by atoms with Crippen molar-refractivity contribution in [2.75, 3.05) is 13.2 Å². The molecule has 18 heavy (non-hydrogen) atoms. The fourth-order valence-corrected chi connectivity index (χ4v) is 2.72. The third-order valence-corrected chi connectivity index (χ3v) is 3.78. The maximum Gasteiger partial charge on any atom is 0.0481 e. The summed E-state index contributed by atoms with van der Waals surface area (Å²) in [7, 11) is 2.11. The first-order valence-corrected chi connectivity index (χ1v) is 6.68. The number of aryl methyl sites for hydroxylation is 1. The number of para-hydroxylation sites is 1. The van der Waals surface area contributed by atoms with Gasteiger partial charge in [0.15, 0.2) is 0 Å². The Bertz CT molecular complexity index is 526. The number of nitrogens with one attached hydrogen (secondary N) is 1. The molecule has 3 rings (SSSR count). The van der Waals surface area contributed by atoms with Gasteiger partial charge in [0.2, 0.25) is 0 Å². The Morgan fingerprint density at radius 2 is 2.06 bits per heavy atom. The zero-order chi connectivity index (χ0) is 12.4. The fraction of sp³-hybridized carbons (Fsp3) is 0.467. The van der Waals surface area contributed by atoms with Crippen LogP contribution in [0.4, 0.5) is 0 Å². The molecule has 0 bridgehead atoms. The predicted molar refractivity (Wildman–Crippen MR) is 73.6 cm³/mol. The lowest BCUT2D eigenvalue weighted by atomic mass is 10.1. The maximum absolute atomic E-state index is 5.38. The number of rotatable bonds is 3. The number of hydrogen-bond acceptors (Lipinski definition) is 2. The Hall–Kier alpha value is -1.32. The van der Waals surface area contributed by atoms with Crippen LogP contribution in [0.25, 0.3) is 10.9 Å². The zero-order valence-corrected chi connectivity index (χ0v) is 10.9. The van der Waals surface area contributed by atoms with E-state index in [0.717, 1.165) is 32.6 Å². The Kier molecular flexibility index (Phi) is 3.35. The third kappa shape index (κ3) is 2.28. The first kappa shape index (κ1) is 11.8. The molecule has 1 fully saturated rings. The van der Waals surface area contributed by atoms with Gasteiger partial charge in [0.25, 0.3) is 0 Å². The van der Waals surface area contributed by atoms with Crippen LogP contribution in [-0.2, 0) is 18.3 Å². The molecule has 0 spiro atoms. The van der Waals surface area contributed by atoms with E-state index in [2.05, 4.69) is 47.4 Å². The van der Waals surface area contributed by atoms with Gasteiger partial charge in [-0.25, -0.2) is 0 Å². The van der Waals surface area contributed by atoms with E-state index in [9.17, 15) is 0 Å². The van der Waals surface area contributed by atoms with E-state index >= 15 is 0 Å². The summed E-state index contributed by atoms with van der Waals surface area (Å²) in [6, 6.07) is 9.19. The number of ether oxygens (including phenoxy) is 1. The molecule has 0 radical (unpaired) electrons. The normalized spacial score (nSPS) is 17.4. The quantitative estimate of drug-likeness (QED) is 0.897. The molecule has 1 aromatic carbocycles. The van der Waals surface area contributed by atoms with Gasteiger partial charge in [-0.05, 0) is 24.5 Å². The first-order valence-electron chi connectivity index (χ1n) is 6.68. The Labute approximate surface area is 108 Å². The zero-order valence-electron chi connectivity index (χ0n) is 10.9. The molecule has 0 saturated carbocycles. The van der Waals surface area contributed by atoms with Crippen LogP contribution in [0.3, 0.4) is 0 Å². The number of nitrogens with zero attached hydrogens (tertiary/aromatic N) is 1. The lowest BCUT2D eigenvalue weighted by Gasteiger charge is -2.23. The Morgan fingerprint density at radius 1 is 1.28 bits per heavy atom. The highest BCUT2D eigenvalue weighted by Gasteiger charge is 2.14. The van der Waals surface area contributed by atoms with Crippen molar-refractivity contribution in [3.05, 3.63) is 36.0 Å². The maximum atomic E-state index is 5.38. The van der Waals surface area contributed by atoms with Crippen LogP contribution in [0.2, 0.25) is 0 Å². The number of fused-ring (bicyclic) bond motifs is 1. The topological polar surface area (TPSA) is 26.2 Å². The molecule has 1 aliphatic heterocycles. The molecule has 1 aliphatic rings. The van der Waals surface area contributed by atoms with E-state index in [1.54, 1.807) is 0 Å². The second kappa shape index (κ2) is 5.12. The number of hydrogen-bond donors (Lipinski definition) is 1. The van der Waals surface area contributed by atoms with Crippen LogP contribution >= 0.6 is 0 Å². The van der Waals surface area contributed by atoms with Gasteiger partial charge in [0.05, 0.1) is 0 Å². The summed E-state index contributed by atoms with van der Waals surface area (Å²) in [5, 5.41) is 5.01. The lowest BCUT2D eigenvalue weighted by molar-refractivity contribution is 0.0776. The molecule has 1 saturated heterocycles. The van der Waals surface area contributed by atoms with Crippen LogP contribution in [0.1, 0.15) is 18.4 Å². The monoisotopic (exact) mass is 244 g/mol. The van der Waals surface area contributed by atoms with E-state index in [-0.39, 0.29) is 0 Å². The van der Waals surface area contributed by atoms with Crippen LogP contribution in [0.5, 0.6) is 0 Å². The summed E-state index contributed by atoms with van der Waals surface area (Å²) in [5.74, 6) is 0. The summed E-state index contributed by atoms with van der Waals surface area (Å²) >= 11 is 0. The highest BCUT2D eigenvalue weighted by molar-refractivity contribution is 5.83. The highest BCUT2D eigenvalue weighted by Crippen LogP contribution is 2.20. The van der Waals surface area contributed by atoms with E-state index in [0.29, 0.717) is 6.04 Å². The van der Waals surface area contributed by atoms with Crippen molar-refractivity contribution in [1.82, 2.24) is 9.88 Å². The molecule has 0 atom stereocenters. The molecular formula is C15H20N2O. The molecule has 3 nitrogen and oxygen atoms in total. The smallest absolute Gasteiger partial charge is 0.0481 e. The molecule has 0 aliphatic carbocycles. The predicted octanol–water partition coefficient (Wildman–Crippen LogP) is 2.45.